The number of nitrogens with two attached hydrogens (primary N) is 2. The number of hydrogen-bond acceptors (Lipinski definition) is 12. The fourth-order valence-corrected chi connectivity index (χ4v) is 3.63. The molecule has 1 aliphatic heterocycles. The molecule has 11 nitrogen and oxygen atoms in total. The number of thioether (sulfide) groups is 1. The summed E-state index contributed by atoms with van der Waals surface area (Å²) in [5.74, 6) is -2.36. The van der Waals surface area contributed by atoms with Crippen molar-refractivity contribution >= 4 is 35.6 Å². The monoisotopic (exact) mass is 422 g/mol. The molecule has 0 amide bonds. The van der Waals surface area contributed by atoms with Gasteiger partial charge in [0.1, 0.15) is 24.2 Å². The summed E-state index contributed by atoms with van der Waals surface area (Å²) in [6.45, 7) is 3.32. The van der Waals surface area contributed by atoms with Gasteiger partial charge in [-0.15, -0.1) is 11.8 Å². The molecule has 4 unspecified atom stereocenters. The average molecular weight is 422 g/mol. The molecule has 0 radical (unpaired) electrons. The highest BCUT2D eigenvalue weighted by molar-refractivity contribution is 7.99. The van der Waals surface area contributed by atoms with Crippen LogP contribution in [0.1, 0.15) is 20.8 Å². The highest BCUT2D eigenvalue weighted by Gasteiger charge is 2.49. The summed E-state index contributed by atoms with van der Waals surface area (Å²) in [7, 11) is 1.21. The zero-order valence-electron chi connectivity index (χ0n) is 16.1. The van der Waals surface area contributed by atoms with Crippen LogP contribution in [0.4, 0.5) is 0 Å². The molecule has 1 saturated heterocycles. The lowest BCUT2D eigenvalue weighted by Crippen LogP contribution is -2.63. The Kier molecular flexibility index (Phi) is 9.65. The van der Waals surface area contributed by atoms with Crippen molar-refractivity contribution in [2.45, 2.75) is 56.6 Å². The summed E-state index contributed by atoms with van der Waals surface area (Å²) in [6.07, 6.45) is -3.08. The van der Waals surface area contributed by atoms with Crippen molar-refractivity contribution in [1.29, 1.82) is 0 Å². The predicted molar refractivity (Wildman–Crippen MR) is 96.8 cm³/mol. The topological polar surface area (TPSA) is 166 Å². The molecule has 0 spiro atoms. The van der Waals surface area contributed by atoms with E-state index in [-0.39, 0.29) is 12.4 Å². The summed E-state index contributed by atoms with van der Waals surface area (Å²) in [5.41, 5.74) is 11.1. The second-order valence-corrected chi connectivity index (χ2v) is 7.17. The third-order valence-corrected chi connectivity index (χ3v) is 5.00. The molecule has 0 aromatic carbocycles. The lowest BCUT2D eigenvalue weighted by molar-refractivity contribution is -0.208. The Hall–Kier alpha value is -1.89. The first-order valence-corrected chi connectivity index (χ1v) is 9.45. The van der Waals surface area contributed by atoms with Gasteiger partial charge in [0.2, 0.25) is 0 Å². The van der Waals surface area contributed by atoms with E-state index in [9.17, 15) is 19.2 Å². The molecule has 12 heteroatoms. The molecule has 0 saturated carbocycles. The number of methoxy groups -OCH3 is 1. The number of carbonyl (C=O) groups is 4. The summed E-state index contributed by atoms with van der Waals surface area (Å²) >= 11 is 1.10. The van der Waals surface area contributed by atoms with Crippen LogP contribution in [-0.2, 0) is 42.9 Å². The van der Waals surface area contributed by atoms with Crippen LogP contribution in [-0.4, -0.2) is 79.2 Å². The maximum atomic E-state index is 11.5. The van der Waals surface area contributed by atoms with Crippen LogP contribution < -0.4 is 11.5 Å². The first-order chi connectivity index (χ1) is 13.1. The van der Waals surface area contributed by atoms with Crippen molar-refractivity contribution in [2.24, 2.45) is 11.5 Å². The molecule has 4 N–H and O–H groups in total. The minimum Gasteiger partial charge on any atom is -0.468 e. The van der Waals surface area contributed by atoms with Gasteiger partial charge in [-0.3, -0.25) is 19.2 Å². The number of ether oxygens (including phenoxy) is 5. The molecule has 1 fully saturated rings. The van der Waals surface area contributed by atoms with Crippen LogP contribution >= 0.6 is 11.8 Å². The SMILES string of the molecule is COC(=O)C(N)CS[C@@H]1OC(COC(C)=O)[C@@H](OC(C)=O)C(OC(C)=O)C1N. The highest BCUT2D eigenvalue weighted by Crippen LogP contribution is 2.31. The highest BCUT2D eigenvalue weighted by atomic mass is 32.2. The number of rotatable bonds is 8. The molecular weight excluding hydrogens is 396 g/mol. The minimum atomic E-state index is -1.08. The van der Waals surface area contributed by atoms with Gasteiger partial charge in [-0.05, 0) is 0 Å². The van der Waals surface area contributed by atoms with E-state index >= 15 is 0 Å². The molecule has 1 heterocycles. The lowest BCUT2D eigenvalue weighted by Gasteiger charge is -2.43. The van der Waals surface area contributed by atoms with Crippen LogP contribution in [0, 0.1) is 0 Å². The Morgan fingerprint density at radius 3 is 2.11 bits per heavy atom. The fourth-order valence-electron chi connectivity index (χ4n) is 2.50. The number of hydrogen-bond donors (Lipinski definition) is 2. The van der Waals surface area contributed by atoms with Gasteiger partial charge in [0.15, 0.2) is 12.2 Å². The Balaban J connectivity index is 3.02. The van der Waals surface area contributed by atoms with E-state index in [4.69, 9.17) is 30.4 Å². The van der Waals surface area contributed by atoms with Gasteiger partial charge >= 0.3 is 23.9 Å². The van der Waals surface area contributed by atoms with Gasteiger partial charge in [-0.1, -0.05) is 0 Å². The summed E-state index contributed by atoms with van der Waals surface area (Å²) in [5, 5.41) is 0. The number of carbonyl (C=O) groups excluding carboxylic acids is 4. The fraction of sp³-hybridized carbons (Fsp3) is 0.750. The van der Waals surface area contributed by atoms with E-state index in [0.29, 0.717) is 0 Å². The van der Waals surface area contributed by atoms with Crippen molar-refractivity contribution < 1.29 is 42.9 Å². The summed E-state index contributed by atoms with van der Waals surface area (Å²) in [6, 6.07) is -1.83. The first-order valence-electron chi connectivity index (χ1n) is 8.40. The lowest BCUT2D eigenvalue weighted by atomic mass is 9.98. The quantitative estimate of drug-likeness (QED) is 0.351. The van der Waals surface area contributed by atoms with Gasteiger partial charge in [-0.2, -0.15) is 0 Å². The van der Waals surface area contributed by atoms with Crippen molar-refractivity contribution in [1.82, 2.24) is 0 Å². The van der Waals surface area contributed by atoms with Gasteiger partial charge in [-0.25, -0.2) is 0 Å². The maximum Gasteiger partial charge on any atom is 0.323 e. The van der Waals surface area contributed by atoms with E-state index in [0.717, 1.165) is 11.8 Å². The Bertz CT molecular complexity index is 588. The molecule has 6 atom stereocenters. The number of esters is 4. The molecule has 1 rings (SSSR count). The molecule has 0 aromatic rings. The molecule has 0 bridgehead atoms. The smallest absolute Gasteiger partial charge is 0.323 e. The molecule has 0 aromatic heterocycles. The summed E-state index contributed by atoms with van der Waals surface area (Å²) in [4.78, 5) is 45.7. The van der Waals surface area contributed by atoms with Crippen LogP contribution in [0.25, 0.3) is 0 Å². The van der Waals surface area contributed by atoms with Crippen LogP contribution in [0.2, 0.25) is 0 Å². The van der Waals surface area contributed by atoms with Crippen LogP contribution in [0.3, 0.4) is 0 Å². The molecule has 28 heavy (non-hydrogen) atoms. The zero-order valence-corrected chi connectivity index (χ0v) is 16.9. The molecular formula is C16H26N2O9S. The maximum absolute atomic E-state index is 11.5. The zero-order chi connectivity index (χ0) is 21.4. The van der Waals surface area contributed by atoms with Crippen molar-refractivity contribution in [3.63, 3.8) is 0 Å². The van der Waals surface area contributed by atoms with Crippen molar-refractivity contribution in [3.05, 3.63) is 0 Å². The Morgan fingerprint density at radius 2 is 1.61 bits per heavy atom. The van der Waals surface area contributed by atoms with E-state index in [1.165, 1.54) is 27.9 Å². The third kappa shape index (κ3) is 7.26. The standard InChI is InChI=1S/C16H26N2O9S/c1-7(19)24-5-11-13(25-8(2)20)14(26-9(3)21)12(18)16(27-11)28-6-10(17)15(22)23-4/h10-14,16H,5-6,17-18H2,1-4H3/t10?,11?,12?,13-,14?,16+/m1/s1. The summed E-state index contributed by atoms with van der Waals surface area (Å²) < 4.78 is 25.8. The Morgan fingerprint density at radius 1 is 1.04 bits per heavy atom. The minimum absolute atomic E-state index is 0.107. The van der Waals surface area contributed by atoms with Gasteiger partial charge < -0.3 is 35.2 Å². The second-order valence-electron chi connectivity index (χ2n) is 6.03. The van der Waals surface area contributed by atoms with Crippen molar-refractivity contribution in [3.8, 4) is 0 Å². The van der Waals surface area contributed by atoms with E-state index < -0.39 is 59.7 Å². The Labute approximate surface area is 166 Å². The third-order valence-electron chi connectivity index (χ3n) is 3.69. The molecule has 0 aliphatic carbocycles. The second kappa shape index (κ2) is 11.2. The van der Waals surface area contributed by atoms with E-state index in [1.54, 1.807) is 0 Å². The van der Waals surface area contributed by atoms with Gasteiger partial charge in [0.25, 0.3) is 0 Å². The normalized spacial score (nSPS) is 28.0. The van der Waals surface area contributed by atoms with Gasteiger partial charge in [0.05, 0.1) is 13.2 Å². The molecule has 1 aliphatic rings. The van der Waals surface area contributed by atoms with E-state index in [1.807, 2.05) is 0 Å². The van der Waals surface area contributed by atoms with Crippen molar-refractivity contribution in [2.75, 3.05) is 19.5 Å². The predicted octanol–water partition coefficient (Wildman–Crippen LogP) is -1.30. The average Bonchev–Trinajstić information content (AvgIpc) is 2.61. The van der Waals surface area contributed by atoms with Crippen LogP contribution in [0.15, 0.2) is 0 Å². The first kappa shape index (κ1) is 24.1. The van der Waals surface area contributed by atoms with Gasteiger partial charge in [0, 0.05) is 26.5 Å². The largest absolute Gasteiger partial charge is 0.468 e. The molecule has 160 valence electrons. The van der Waals surface area contributed by atoms with E-state index in [2.05, 4.69) is 4.74 Å². The van der Waals surface area contributed by atoms with Crippen LogP contribution in [0.5, 0.6) is 0 Å².